The summed E-state index contributed by atoms with van der Waals surface area (Å²) in [6, 6.07) is 0. The van der Waals surface area contributed by atoms with Crippen LogP contribution in [0.4, 0.5) is 0 Å². The van der Waals surface area contributed by atoms with Crippen LogP contribution in [0.25, 0.3) is 0 Å². The summed E-state index contributed by atoms with van der Waals surface area (Å²) in [7, 11) is 0. The van der Waals surface area contributed by atoms with Gasteiger partial charge in [-0.15, -0.1) is 0 Å². The van der Waals surface area contributed by atoms with Crippen LogP contribution in [0.5, 0.6) is 0 Å². The molecule has 1 heterocycles. The van der Waals surface area contributed by atoms with Gasteiger partial charge >= 0.3 is 5.97 Å². The third kappa shape index (κ3) is 8.58. The van der Waals surface area contributed by atoms with Crippen LogP contribution in [0.2, 0.25) is 0 Å². The highest BCUT2D eigenvalue weighted by Gasteiger charge is 2.17. The lowest BCUT2D eigenvalue weighted by atomic mass is 9.92. The lowest BCUT2D eigenvalue weighted by Crippen LogP contribution is -2.10. The zero-order valence-electron chi connectivity index (χ0n) is 15.0. The van der Waals surface area contributed by atoms with E-state index in [4.69, 9.17) is 4.42 Å². The van der Waals surface area contributed by atoms with Crippen LogP contribution >= 0.6 is 0 Å². The van der Waals surface area contributed by atoms with Crippen molar-refractivity contribution in [2.45, 2.75) is 79.1 Å². The lowest BCUT2D eigenvalue weighted by Gasteiger charge is -2.13. The minimum Gasteiger partial charge on any atom is -0.478 e. The van der Waals surface area contributed by atoms with Gasteiger partial charge in [-0.2, -0.15) is 0 Å². The van der Waals surface area contributed by atoms with E-state index in [9.17, 15) is 9.90 Å². The molecule has 0 atom stereocenters. The van der Waals surface area contributed by atoms with Gasteiger partial charge in [0.15, 0.2) is 5.89 Å². The highest BCUT2D eigenvalue weighted by molar-refractivity contribution is 5.87. The summed E-state index contributed by atoms with van der Waals surface area (Å²) in [5.41, 5.74) is 0.159. The van der Waals surface area contributed by atoms with E-state index < -0.39 is 5.97 Å². The molecule has 1 aromatic rings. The maximum atomic E-state index is 11.3. The maximum absolute atomic E-state index is 11.3. The average Bonchev–Trinajstić information content (AvgIpc) is 2.88. The Morgan fingerprint density at radius 3 is 2.48 bits per heavy atom. The predicted octanol–water partition coefficient (Wildman–Crippen LogP) is 5.18. The average molecular weight is 321 g/mol. The first-order chi connectivity index (χ1) is 10.8. The Balaban J connectivity index is 2.49. The molecule has 0 bridgehead atoms. The molecule has 0 unspecified atom stereocenters. The van der Waals surface area contributed by atoms with Crippen LogP contribution in [0.15, 0.2) is 22.3 Å². The third-order valence-corrected chi connectivity index (χ3v) is 3.60. The normalized spacial score (nSPS) is 12.6. The van der Waals surface area contributed by atoms with Crippen LogP contribution in [-0.2, 0) is 17.6 Å². The van der Waals surface area contributed by atoms with E-state index in [0.717, 1.165) is 18.6 Å². The van der Waals surface area contributed by atoms with Crippen molar-refractivity contribution in [3.05, 3.63) is 29.5 Å². The number of hydrogen-bond donors (Lipinski definition) is 1. The summed E-state index contributed by atoms with van der Waals surface area (Å²) in [5.74, 6) is 0.440. The molecule has 23 heavy (non-hydrogen) atoms. The fourth-order valence-corrected chi connectivity index (χ4v) is 2.50. The number of carboxylic acid groups (broad SMARTS) is 1. The largest absolute Gasteiger partial charge is 0.478 e. The first-order valence-corrected chi connectivity index (χ1v) is 8.70. The number of aliphatic carboxylic acids is 1. The number of rotatable bonds is 10. The second kappa shape index (κ2) is 9.53. The van der Waals surface area contributed by atoms with E-state index >= 15 is 0 Å². The van der Waals surface area contributed by atoms with Gasteiger partial charge in [0.05, 0.1) is 12.6 Å². The SMILES string of the molecule is CCCCCCCCc1cnc(CC(=CC(C)(C)C)C(=O)O)o1. The van der Waals surface area contributed by atoms with Gasteiger partial charge in [-0.25, -0.2) is 9.78 Å². The second-order valence-electron chi connectivity index (χ2n) is 7.26. The van der Waals surface area contributed by atoms with Crippen LogP contribution < -0.4 is 0 Å². The topological polar surface area (TPSA) is 63.3 Å². The first kappa shape index (κ1) is 19.5. The second-order valence-corrected chi connectivity index (χ2v) is 7.26. The molecule has 0 aliphatic rings. The molecule has 130 valence electrons. The Hall–Kier alpha value is -1.58. The molecule has 1 rings (SSSR count). The van der Waals surface area contributed by atoms with Gasteiger partial charge in [-0.05, 0) is 11.8 Å². The Morgan fingerprint density at radius 2 is 1.87 bits per heavy atom. The maximum Gasteiger partial charge on any atom is 0.331 e. The zero-order chi connectivity index (χ0) is 17.3. The first-order valence-electron chi connectivity index (χ1n) is 8.70. The highest BCUT2D eigenvalue weighted by Crippen LogP contribution is 2.20. The molecular weight excluding hydrogens is 290 g/mol. The van der Waals surface area contributed by atoms with Crippen LogP contribution in [0.1, 0.15) is 77.9 Å². The molecule has 0 aliphatic heterocycles. The molecule has 1 aromatic heterocycles. The number of hydrogen-bond acceptors (Lipinski definition) is 3. The van der Waals surface area contributed by atoms with Crippen molar-refractivity contribution in [3.8, 4) is 0 Å². The number of allylic oxidation sites excluding steroid dienone is 1. The van der Waals surface area contributed by atoms with Crippen LogP contribution in [0.3, 0.4) is 0 Å². The molecule has 0 aliphatic carbocycles. The number of aryl methyl sites for hydroxylation is 1. The minimum atomic E-state index is -0.907. The van der Waals surface area contributed by atoms with Gasteiger partial charge in [-0.1, -0.05) is 65.9 Å². The quantitative estimate of drug-likeness (QED) is 0.476. The van der Waals surface area contributed by atoms with Crippen molar-refractivity contribution in [2.75, 3.05) is 0 Å². The van der Waals surface area contributed by atoms with E-state index in [2.05, 4.69) is 11.9 Å². The number of carboxylic acids is 1. The van der Waals surface area contributed by atoms with E-state index in [0.29, 0.717) is 11.5 Å². The fraction of sp³-hybridized carbons (Fsp3) is 0.684. The van der Waals surface area contributed by atoms with Gasteiger partial charge in [0, 0.05) is 12.0 Å². The minimum absolute atomic E-state index is 0.179. The monoisotopic (exact) mass is 321 g/mol. The van der Waals surface area contributed by atoms with E-state index in [1.54, 1.807) is 12.3 Å². The number of oxazole rings is 1. The molecule has 0 spiro atoms. The van der Waals surface area contributed by atoms with Gasteiger partial charge in [0.2, 0.25) is 0 Å². The molecule has 0 saturated heterocycles. The van der Waals surface area contributed by atoms with Gasteiger partial charge in [0.25, 0.3) is 0 Å². The lowest BCUT2D eigenvalue weighted by molar-refractivity contribution is -0.132. The Bertz CT molecular complexity index is 509. The Kier molecular flexibility index (Phi) is 8.07. The standard InChI is InChI=1S/C19H31NO3/c1-5-6-7-8-9-10-11-16-14-20-17(23-16)12-15(18(21)22)13-19(2,3)4/h13-14H,5-12H2,1-4H3,(H,21,22). The van der Waals surface area contributed by atoms with Crippen molar-refractivity contribution >= 4 is 5.97 Å². The van der Waals surface area contributed by atoms with Crippen LogP contribution in [0, 0.1) is 5.41 Å². The summed E-state index contributed by atoms with van der Waals surface area (Å²) >= 11 is 0. The molecule has 0 radical (unpaired) electrons. The van der Waals surface area contributed by atoms with Crippen molar-refractivity contribution in [2.24, 2.45) is 5.41 Å². The fourth-order valence-electron chi connectivity index (χ4n) is 2.50. The third-order valence-electron chi connectivity index (χ3n) is 3.60. The summed E-state index contributed by atoms with van der Waals surface area (Å²) in [6.07, 6.45) is 12.1. The molecule has 0 aromatic carbocycles. The van der Waals surface area contributed by atoms with E-state index in [1.165, 1.54) is 32.1 Å². The molecule has 0 fully saturated rings. The highest BCUT2D eigenvalue weighted by atomic mass is 16.4. The predicted molar refractivity (Wildman–Crippen MR) is 92.5 cm³/mol. The van der Waals surface area contributed by atoms with Crippen molar-refractivity contribution in [3.63, 3.8) is 0 Å². The molecule has 1 N–H and O–H groups in total. The summed E-state index contributed by atoms with van der Waals surface area (Å²) < 4.78 is 5.69. The Labute approximate surface area is 140 Å². The molecule has 0 saturated carbocycles. The van der Waals surface area contributed by atoms with E-state index in [-0.39, 0.29) is 11.8 Å². The number of nitrogens with zero attached hydrogens (tertiary/aromatic N) is 1. The van der Waals surface area contributed by atoms with Gasteiger partial charge in [-0.3, -0.25) is 0 Å². The zero-order valence-corrected chi connectivity index (χ0v) is 15.0. The molecular formula is C19H31NO3. The summed E-state index contributed by atoms with van der Waals surface area (Å²) in [6.45, 7) is 8.16. The molecule has 0 amide bonds. The summed E-state index contributed by atoms with van der Waals surface area (Å²) in [5, 5.41) is 9.31. The smallest absolute Gasteiger partial charge is 0.331 e. The van der Waals surface area contributed by atoms with Gasteiger partial charge in [0.1, 0.15) is 5.76 Å². The van der Waals surface area contributed by atoms with Crippen LogP contribution in [-0.4, -0.2) is 16.1 Å². The summed E-state index contributed by atoms with van der Waals surface area (Å²) in [4.78, 5) is 15.6. The molecule has 4 heteroatoms. The van der Waals surface area contributed by atoms with E-state index in [1.807, 2.05) is 20.8 Å². The number of aromatic nitrogens is 1. The Morgan fingerprint density at radius 1 is 1.22 bits per heavy atom. The van der Waals surface area contributed by atoms with Crippen molar-refractivity contribution in [1.29, 1.82) is 0 Å². The van der Waals surface area contributed by atoms with Crippen molar-refractivity contribution < 1.29 is 14.3 Å². The number of carbonyl (C=O) groups is 1. The van der Waals surface area contributed by atoms with Crippen molar-refractivity contribution in [1.82, 2.24) is 4.98 Å². The number of unbranched alkanes of at least 4 members (excludes halogenated alkanes) is 5. The molecule has 4 nitrogen and oxygen atoms in total. The van der Waals surface area contributed by atoms with Gasteiger partial charge < -0.3 is 9.52 Å².